The van der Waals surface area contributed by atoms with E-state index in [9.17, 15) is 13.6 Å². The molecule has 1 N–H and O–H groups in total. The second-order valence-electron chi connectivity index (χ2n) is 11.0. The van der Waals surface area contributed by atoms with E-state index < -0.39 is 6.43 Å². The molecule has 3 fully saturated rings. The van der Waals surface area contributed by atoms with Crippen LogP contribution in [-0.2, 0) is 14.3 Å². The molecule has 2 saturated heterocycles. The first-order valence-electron chi connectivity index (χ1n) is 14.5. The molecule has 0 spiro atoms. The number of fused-ring (bicyclic) bond motifs is 1. The van der Waals surface area contributed by atoms with Gasteiger partial charge in [0.2, 0.25) is 17.7 Å². The van der Waals surface area contributed by atoms with E-state index in [0.29, 0.717) is 93.9 Å². The lowest BCUT2D eigenvalue weighted by Gasteiger charge is -2.30. The van der Waals surface area contributed by atoms with Gasteiger partial charge in [0.05, 0.1) is 30.9 Å². The Hall–Kier alpha value is -3.38. The van der Waals surface area contributed by atoms with Crippen LogP contribution in [0.3, 0.4) is 0 Å². The largest absolute Gasteiger partial charge is 0.474 e. The minimum absolute atomic E-state index is 0.0462. The summed E-state index contributed by atoms with van der Waals surface area (Å²) in [5.41, 5.74) is 0.996. The lowest BCUT2D eigenvalue weighted by Crippen LogP contribution is -2.39. The molecule has 3 aromatic rings. The van der Waals surface area contributed by atoms with Crippen LogP contribution in [0.15, 0.2) is 30.3 Å². The molecule has 3 aliphatic rings. The van der Waals surface area contributed by atoms with E-state index >= 15 is 0 Å². The highest BCUT2D eigenvalue weighted by atomic mass is 19.3. The molecule has 1 aliphatic carbocycles. The number of halogens is 2. The number of hydrogen-bond donors (Lipinski definition) is 1. The summed E-state index contributed by atoms with van der Waals surface area (Å²) in [6.45, 7) is 4.40. The number of amides is 1. The van der Waals surface area contributed by atoms with Gasteiger partial charge in [-0.15, -0.1) is 0 Å². The molecule has 10 nitrogen and oxygen atoms in total. The van der Waals surface area contributed by atoms with Crippen molar-refractivity contribution in [3.8, 4) is 11.7 Å². The van der Waals surface area contributed by atoms with Gasteiger partial charge < -0.3 is 24.4 Å². The Bertz CT molecular complexity index is 1330. The molecule has 1 unspecified atom stereocenters. The third-order valence-electron chi connectivity index (χ3n) is 8.13. The van der Waals surface area contributed by atoms with Crippen molar-refractivity contribution in [3.63, 3.8) is 0 Å². The van der Waals surface area contributed by atoms with Gasteiger partial charge in [0.1, 0.15) is 11.9 Å². The first kappa shape index (κ1) is 27.8. The number of para-hydroxylation sites is 2. The molecule has 41 heavy (non-hydrogen) atoms. The number of rotatable bonds is 8. The lowest BCUT2D eigenvalue weighted by molar-refractivity contribution is -0.126. The number of benzene rings is 1. The molecule has 1 amide bonds. The maximum atomic E-state index is 14.1. The number of anilines is 1. The molecule has 6 rings (SSSR count). The summed E-state index contributed by atoms with van der Waals surface area (Å²) in [7, 11) is 0. The topological polar surface area (TPSA) is 104 Å². The number of nitrogens with zero attached hydrogens (tertiary/aromatic N) is 5. The van der Waals surface area contributed by atoms with E-state index in [4.69, 9.17) is 14.2 Å². The van der Waals surface area contributed by atoms with Gasteiger partial charge in [0.15, 0.2) is 5.82 Å². The number of alkyl halides is 2. The van der Waals surface area contributed by atoms with Crippen LogP contribution in [0, 0.1) is 11.8 Å². The number of hydrogen-bond acceptors (Lipinski definition) is 8. The van der Waals surface area contributed by atoms with Crippen molar-refractivity contribution in [2.75, 3.05) is 51.0 Å². The molecule has 220 valence electrons. The van der Waals surface area contributed by atoms with Crippen LogP contribution in [0.2, 0.25) is 0 Å². The van der Waals surface area contributed by atoms with Crippen molar-refractivity contribution >= 4 is 22.9 Å². The number of imidazole rings is 1. The molecule has 2 aliphatic heterocycles. The zero-order chi connectivity index (χ0) is 28.2. The maximum Gasteiger partial charge on any atom is 0.296 e. The highest BCUT2D eigenvalue weighted by Gasteiger charge is 2.29. The van der Waals surface area contributed by atoms with Gasteiger partial charge in [0.25, 0.3) is 6.43 Å². The van der Waals surface area contributed by atoms with Crippen LogP contribution in [0.4, 0.5) is 14.7 Å². The molecular weight excluding hydrogens is 534 g/mol. The Labute approximate surface area is 237 Å². The fourth-order valence-corrected chi connectivity index (χ4v) is 5.88. The second-order valence-corrected chi connectivity index (χ2v) is 11.0. The standard InChI is InChI=1S/C29H36F2N6O4/c30-26(31)27-33-22-5-1-2-6-23(22)37(27)24-16-25(35-29(34-24)36-11-14-39-15-12-36)41-21-9-7-20(8-10-21)28(38)32-17-19-4-3-13-40-18-19/h1-2,5-6,16,19-21,26H,3-4,7-15,17-18H2,(H,32,38)/t19?,20-,21-. The summed E-state index contributed by atoms with van der Waals surface area (Å²) in [5.74, 6) is 1.06. The van der Waals surface area contributed by atoms with E-state index in [0.717, 1.165) is 19.4 Å². The zero-order valence-corrected chi connectivity index (χ0v) is 23.0. The highest BCUT2D eigenvalue weighted by molar-refractivity contribution is 5.79. The van der Waals surface area contributed by atoms with Crippen LogP contribution in [0.25, 0.3) is 16.9 Å². The van der Waals surface area contributed by atoms with Gasteiger partial charge >= 0.3 is 0 Å². The van der Waals surface area contributed by atoms with Crippen LogP contribution >= 0.6 is 0 Å². The Morgan fingerprint density at radius 1 is 1.02 bits per heavy atom. The van der Waals surface area contributed by atoms with E-state index in [1.165, 1.54) is 4.57 Å². The van der Waals surface area contributed by atoms with Crippen molar-refractivity contribution in [1.29, 1.82) is 0 Å². The quantitative estimate of drug-likeness (QED) is 0.433. The average molecular weight is 571 g/mol. The summed E-state index contributed by atoms with van der Waals surface area (Å²) >= 11 is 0. The van der Waals surface area contributed by atoms with Crippen LogP contribution in [0.1, 0.15) is 50.8 Å². The predicted octanol–water partition coefficient (Wildman–Crippen LogP) is 4.07. The minimum atomic E-state index is -2.79. The SMILES string of the molecule is O=C(NCC1CCCOC1)[C@H]1CC[C@H](Oc2cc(-n3c(C(F)F)nc4ccccc43)nc(N3CCOCC3)n2)CC1. The van der Waals surface area contributed by atoms with Gasteiger partial charge in [-0.2, -0.15) is 9.97 Å². The Morgan fingerprint density at radius 3 is 2.59 bits per heavy atom. The van der Waals surface area contributed by atoms with Crippen LogP contribution in [0.5, 0.6) is 5.88 Å². The van der Waals surface area contributed by atoms with Gasteiger partial charge in [-0.3, -0.25) is 9.36 Å². The predicted molar refractivity (Wildman–Crippen MR) is 148 cm³/mol. The van der Waals surface area contributed by atoms with E-state index in [2.05, 4.69) is 20.3 Å². The molecule has 1 atom stereocenters. The van der Waals surface area contributed by atoms with Gasteiger partial charge in [-0.05, 0) is 56.6 Å². The number of aromatic nitrogens is 4. The number of nitrogens with one attached hydrogen (secondary N) is 1. The molecule has 2 aromatic heterocycles. The summed E-state index contributed by atoms with van der Waals surface area (Å²) in [6, 6.07) is 8.61. The van der Waals surface area contributed by atoms with E-state index in [1.54, 1.807) is 30.3 Å². The lowest BCUT2D eigenvalue weighted by atomic mass is 9.86. The smallest absolute Gasteiger partial charge is 0.296 e. The molecular formula is C29H36F2N6O4. The molecule has 12 heteroatoms. The normalized spacial score (nSPS) is 23.6. The molecule has 0 radical (unpaired) electrons. The number of carbonyl (C=O) groups excluding carboxylic acids is 1. The fraction of sp³-hybridized carbons (Fsp3) is 0.586. The molecule has 1 saturated carbocycles. The summed E-state index contributed by atoms with van der Waals surface area (Å²) in [6.07, 6.45) is 2.03. The highest BCUT2D eigenvalue weighted by Crippen LogP contribution is 2.32. The monoisotopic (exact) mass is 570 g/mol. The maximum absolute atomic E-state index is 14.1. The van der Waals surface area contributed by atoms with E-state index in [-0.39, 0.29) is 29.6 Å². The number of carbonyl (C=O) groups is 1. The minimum Gasteiger partial charge on any atom is -0.474 e. The number of morpholine rings is 1. The van der Waals surface area contributed by atoms with Gasteiger partial charge in [-0.1, -0.05) is 12.1 Å². The fourth-order valence-electron chi connectivity index (χ4n) is 5.88. The molecule has 4 heterocycles. The average Bonchev–Trinajstić information content (AvgIpc) is 3.41. The summed E-state index contributed by atoms with van der Waals surface area (Å²) in [4.78, 5) is 28.3. The zero-order valence-electron chi connectivity index (χ0n) is 23.0. The summed E-state index contributed by atoms with van der Waals surface area (Å²) in [5, 5.41) is 3.12. The Kier molecular flexibility index (Phi) is 8.56. The van der Waals surface area contributed by atoms with Gasteiger partial charge in [0, 0.05) is 38.2 Å². The van der Waals surface area contributed by atoms with Crippen LogP contribution < -0.4 is 15.0 Å². The van der Waals surface area contributed by atoms with Crippen molar-refractivity contribution in [2.24, 2.45) is 11.8 Å². The second kappa shape index (κ2) is 12.6. The van der Waals surface area contributed by atoms with E-state index in [1.807, 2.05) is 4.90 Å². The first-order valence-corrected chi connectivity index (χ1v) is 14.5. The summed E-state index contributed by atoms with van der Waals surface area (Å²) < 4.78 is 47.0. The molecule has 1 aromatic carbocycles. The number of ether oxygens (including phenoxy) is 3. The van der Waals surface area contributed by atoms with Gasteiger partial charge in [-0.25, -0.2) is 13.8 Å². The first-order chi connectivity index (χ1) is 20.0. The van der Waals surface area contributed by atoms with Crippen molar-refractivity contribution < 1.29 is 27.8 Å². The van der Waals surface area contributed by atoms with Crippen molar-refractivity contribution in [3.05, 3.63) is 36.2 Å². The third kappa shape index (κ3) is 6.43. The van der Waals surface area contributed by atoms with Crippen LogP contribution in [-0.4, -0.2) is 77.6 Å². The Balaban J connectivity index is 1.19. The molecule has 0 bridgehead atoms. The Morgan fingerprint density at radius 2 is 1.83 bits per heavy atom. The van der Waals surface area contributed by atoms with Crippen molar-refractivity contribution in [2.45, 2.75) is 51.1 Å². The third-order valence-corrected chi connectivity index (χ3v) is 8.13. The van der Waals surface area contributed by atoms with Crippen molar-refractivity contribution in [1.82, 2.24) is 24.8 Å².